The molecule has 24 heavy (non-hydrogen) atoms. The summed E-state index contributed by atoms with van der Waals surface area (Å²) in [4.78, 5) is 38.7. The highest BCUT2D eigenvalue weighted by atomic mass is 32.2. The molecule has 2 aliphatic rings. The lowest BCUT2D eigenvalue weighted by atomic mass is 10.1. The Kier molecular flexibility index (Phi) is 3.90. The van der Waals surface area contributed by atoms with E-state index in [2.05, 4.69) is 0 Å². The van der Waals surface area contributed by atoms with Crippen molar-refractivity contribution in [2.75, 3.05) is 25.1 Å². The number of sulfone groups is 1. The zero-order valence-corrected chi connectivity index (χ0v) is 13.7. The highest BCUT2D eigenvalue weighted by Gasteiger charge is 2.40. The van der Waals surface area contributed by atoms with Gasteiger partial charge in [0.15, 0.2) is 9.84 Å². The van der Waals surface area contributed by atoms with E-state index >= 15 is 0 Å². The molecule has 3 rings (SSSR count). The second kappa shape index (κ2) is 5.66. The van der Waals surface area contributed by atoms with Crippen molar-refractivity contribution >= 4 is 27.6 Å². The molecule has 0 spiro atoms. The predicted octanol–water partition coefficient (Wildman–Crippen LogP) is 0.0672. The quantitative estimate of drug-likeness (QED) is 0.716. The Morgan fingerprint density at radius 3 is 2.62 bits per heavy atom. The first kappa shape index (κ1) is 16.6. The van der Waals surface area contributed by atoms with Crippen LogP contribution in [0.2, 0.25) is 0 Å². The highest BCUT2D eigenvalue weighted by Crippen LogP contribution is 2.25. The lowest BCUT2D eigenvalue weighted by molar-refractivity contribution is -0.131. The molecule has 2 heterocycles. The molecular weight excluding hydrogens is 339 g/mol. The average molecular weight is 354 g/mol. The molecule has 1 saturated heterocycles. The molecule has 0 aliphatic carbocycles. The van der Waals surface area contributed by atoms with Crippen molar-refractivity contribution in [2.24, 2.45) is 0 Å². The minimum Gasteiger partial charge on any atom is -0.340 e. The van der Waals surface area contributed by atoms with Crippen LogP contribution in [-0.2, 0) is 14.6 Å². The smallest absolute Gasteiger partial charge is 0.265 e. The normalized spacial score (nSPS) is 21.9. The van der Waals surface area contributed by atoms with Gasteiger partial charge in [-0.25, -0.2) is 12.8 Å². The van der Waals surface area contributed by atoms with Gasteiger partial charge in [0.1, 0.15) is 12.4 Å². The molecule has 0 radical (unpaired) electrons. The third-order valence-corrected chi connectivity index (χ3v) is 6.14. The van der Waals surface area contributed by atoms with Crippen LogP contribution in [0.25, 0.3) is 0 Å². The third kappa shape index (κ3) is 2.68. The maximum Gasteiger partial charge on any atom is 0.265 e. The summed E-state index contributed by atoms with van der Waals surface area (Å²) in [5, 5.41) is 0. The molecular formula is C15H15FN2O5S. The molecule has 2 aliphatic heterocycles. The van der Waals surface area contributed by atoms with Gasteiger partial charge in [0, 0.05) is 13.1 Å². The van der Waals surface area contributed by atoms with Gasteiger partial charge in [-0.05, 0) is 18.6 Å². The number of likely N-dealkylation sites (N-methyl/N-ethyl adjacent to an activating group) is 1. The molecule has 7 nitrogen and oxygen atoms in total. The Labute approximate surface area is 137 Å². The number of hydrogen-bond donors (Lipinski definition) is 0. The Morgan fingerprint density at radius 2 is 2.04 bits per heavy atom. The van der Waals surface area contributed by atoms with Crippen molar-refractivity contribution in [1.29, 1.82) is 0 Å². The van der Waals surface area contributed by atoms with Crippen LogP contribution >= 0.6 is 0 Å². The molecule has 1 fully saturated rings. The summed E-state index contributed by atoms with van der Waals surface area (Å²) in [7, 11) is -1.73. The number of halogens is 1. The molecule has 1 atom stereocenters. The fourth-order valence-corrected chi connectivity index (χ4v) is 4.74. The van der Waals surface area contributed by atoms with Gasteiger partial charge in [-0.1, -0.05) is 6.07 Å². The van der Waals surface area contributed by atoms with E-state index in [9.17, 15) is 27.2 Å². The van der Waals surface area contributed by atoms with Crippen LogP contribution in [0.1, 0.15) is 27.1 Å². The fraction of sp³-hybridized carbons (Fsp3) is 0.400. The topological polar surface area (TPSA) is 91.8 Å². The van der Waals surface area contributed by atoms with E-state index in [0.29, 0.717) is 11.3 Å². The van der Waals surface area contributed by atoms with E-state index in [1.165, 1.54) is 24.1 Å². The monoisotopic (exact) mass is 354 g/mol. The van der Waals surface area contributed by atoms with Gasteiger partial charge in [-0.15, -0.1) is 0 Å². The Hall–Kier alpha value is -2.29. The molecule has 0 aromatic heterocycles. The molecule has 1 aromatic carbocycles. The van der Waals surface area contributed by atoms with Gasteiger partial charge in [-0.3, -0.25) is 19.3 Å². The van der Waals surface area contributed by atoms with Gasteiger partial charge in [0.25, 0.3) is 11.8 Å². The number of hydrogen-bond acceptors (Lipinski definition) is 5. The fourth-order valence-electron chi connectivity index (χ4n) is 2.97. The number of nitrogens with zero attached hydrogens (tertiary/aromatic N) is 2. The van der Waals surface area contributed by atoms with Crippen LogP contribution in [0.3, 0.4) is 0 Å². The van der Waals surface area contributed by atoms with Gasteiger partial charge in [-0.2, -0.15) is 0 Å². The zero-order chi connectivity index (χ0) is 17.6. The number of imide groups is 1. The van der Waals surface area contributed by atoms with E-state index in [1.54, 1.807) is 0 Å². The van der Waals surface area contributed by atoms with Crippen LogP contribution in [0.15, 0.2) is 18.2 Å². The summed E-state index contributed by atoms with van der Waals surface area (Å²) < 4.78 is 36.8. The maximum absolute atomic E-state index is 13.8. The number of amides is 3. The van der Waals surface area contributed by atoms with Gasteiger partial charge in [0.2, 0.25) is 5.91 Å². The number of rotatable bonds is 3. The lowest BCUT2D eigenvalue weighted by Crippen LogP contribution is -2.45. The Bertz CT molecular complexity index is 851. The number of fused-ring (bicyclic) bond motifs is 1. The molecule has 128 valence electrons. The van der Waals surface area contributed by atoms with Crippen LogP contribution < -0.4 is 0 Å². The first-order valence-electron chi connectivity index (χ1n) is 7.32. The summed E-state index contributed by atoms with van der Waals surface area (Å²) in [5.41, 5.74) is -0.403. The summed E-state index contributed by atoms with van der Waals surface area (Å²) in [5.74, 6) is -3.08. The Morgan fingerprint density at radius 1 is 1.33 bits per heavy atom. The van der Waals surface area contributed by atoms with Crippen LogP contribution in [0, 0.1) is 5.82 Å². The van der Waals surface area contributed by atoms with Crippen molar-refractivity contribution < 1.29 is 27.2 Å². The SMILES string of the molecule is CN(C(=O)CN1C(=O)c2cccc(F)c2C1=O)C1CCS(=O)(=O)C1. The van der Waals surface area contributed by atoms with E-state index < -0.39 is 46.0 Å². The second-order valence-electron chi connectivity index (χ2n) is 5.92. The maximum atomic E-state index is 13.8. The van der Waals surface area contributed by atoms with Crippen molar-refractivity contribution in [3.05, 3.63) is 35.1 Å². The van der Waals surface area contributed by atoms with Crippen molar-refractivity contribution in [3.63, 3.8) is 0 Å². The highest BCUT2D eigenvalue weighted by molar-refractivity contribution is 7.91. The average Bonchev–Trinajstić information content (AvgIpc) is 3.00. The first-order valence-corrected chi connectivity index (χ1v) is 9.14. The largest absolute Gasteiger partial charge is 0.340 e. The summed E-state index contributed by atoms with van der Waals surface area (Å²) in [6.45, 7) is -0.543. The molecule has 0 bridgehead atoms. The van der Waals surface area contributed by atoms with E-state index in [0.717, 1.165) is 6.07 Å². The van der Waals surface area contributed by atoms with Crippen LogP contribution in [0.5, 0.6) is 0 Å². The zero-order valence-electron chi connectivity index (χ0n) is 12.9. The summed E-state index contributed by atoms with van der Waals surface area (Å²) in [6, 6.07) is 3.25. The molecule has 9 heteroatoms. The van der Waals surface area contributed by atoms with Crippen molar-refractivity contribution in [1.82, 2.24) is 9.80 Å². The van der Waals surface area contributed by atoms with E-state index in [1.807, 2.05) is 0 Å². The van der Waals surface area contributed by atoms with Crippen molar-refractivity contribution in [2.45, 2.75) is 12.5 Å². The first-order chi connectivity index (χ1) is 11.2. The molecule has 1 aromatic rings. The summed E-state index contributed by atoms with van der Waals surface area (Å²) in [6.07, 6.45) is 0.321. The molecule has 0 saturated carbocycles. The minimum absolute atomic E-state index is 0.00745. The molecule has 0 N–H and O–H groups in total. The number of carbonyl (C=O) groups excluding carboxylic acids is 3. The number of carbonyl (C=O) groups is 3. The second-order valence-corrected chi connectivity index (χ2v) is 8.15. The van der Waals surface area contributed by atoms with Crippen molar-refractivity contribution in [3.8, 4) is 0 Å². The minimum atomic E-state index is -3.16. The number of benzene rings is 1. The predicted molar refractivity (Wildman–Crippen MR) is 81.6 cm³/mol. The van der Waals surface area contributed by atoms with Gasteiger partial charge in [0.05, 0.1) is 22.6 Å². The van der Waals surface area contributed by atoms with E-state index in [4.69, 9.17) is 0 Å². The third-order valence-electron chi connectivity index (χ3n) is 4.39. The summed E-state index contributed by atoms with van der Waals surface area (Å²) >= 11 is 0. The van der Waals surface area contributed by atoms with Crippen LogP contribution in [-0.4, -0.2) is 67.1 Å². The van der Waals surface area contributed by atoms with Crippen LogP contribution in [0.4, 0.5) is 4.39 Å². The van der Waals surface area contributed by atoms with Gasteiger partial charge < -0.3 is 4.90 Å². The molecule has 3 amide bonds. The van der Waals surface area contributed by atoms with Gasteiger partial charge >= 0.3 is 0 Å². The lowest BCUT2D eigenvalue weighted by Gasteiger charge is -2.25. The standard InChI is InChI=1S/C15H15FN2O5S/c1-17(9-5-6-24(22,23)8-9)12(19)7-18-14(20)10-3-2-4-11(16)13(10)15(18)21/h2-4,9H,5-8H2,1H3. The Balaban J connectivity index is 1.75. The van der Waals surface area contributed by atoms with E-state index in [-0.39, 0.29) is 22.6 Å². The molecule has 1 unspecified atom stereocenters.